The minimum Gasteiger partial charge on any atom is -0.478 e. The normalized spacial score (nSPS) is 9.80. The molecule has 0 aliphatic rings. The summed E-state index contributed by atoms with van der Waals surface area (Å²) in [5, 5.41) is 21.2. The molecule has 6 heteroatoms. The Labute approximate surface area is 123 Å². The van der Waals surface area contributed by atoms with Crippen LogP contribution in [0.2, 0.25) is 0 Å². The van der Waals surface area contributed by atoms with Crippen LogP contribution in [0.25, 0.3) is 0 Å². The van der Waals surface area contributed by atoms with Crippen LogP contribution in [0.3, 0.4) is 0 Å². The van der Waals surface area contributed by atoms with E-state index in [1.165, 1.54) is 18.2 Å². The third-order valence-corrected chi connectivity index (χ3v) is 3.14. The number of nitriles is 1. The van der Waals surface area contributed by atoms with Gasteiger partial charge in [-0.2, -0.15) is 5.26 Å². The van der Waals surface area contributed by atoms with E-state index in [1.54, 1.807) is 18.2 Å². The summed E-state index contributed by atoms with van der Waals surface area (Å²) in [5.74, 6) is -1.07. The number of benzene rings is 2. The highest BCUT2D eigenvalue weighted by atomic mass is 79.9. The molecule has 0 heterocycles. The molecule has 0 aromatic heterocycles. The lowest BCUT2D eigenvalue weighted by Crippen LogP contribution is -2.04. The Morgan fingerprint density at radius 2 is 2.00 bits per heavy atom. The molecule has 0 bridgehead atoms. The zero-order valence-corrected chi connectivity index (χ0v) is 11.8. The molecule has 2 aromatic rings. The number of carboxylic acids is 1. The number of carboxylic acid groups (broad SMARTS) is 1. The molecule has 5 nitrogen and oxygen atoms in total. The van der Waals surface area contributed by atoms with Crippen LogP contribution in [0.15, 0.2) is 40.9 Å². The van der Waals surface area contributed by atoms with Gasteiger partial charge in [0, 0.05) is 10.2 Å². The second-order valence-corrected chi connectivity index (χ2v) is 4.95. The maximum atomic E-state index is 11.2. The predicted molar refractivity (Wildman–Crippen MR) is 80.0 cm³/mol. The molecule has 0 amide bonds. The molecule has 4 N–H and O–H groups in total. The Morgan fingerprint density at radius 3 is 2.65 bits per heavy atom. The SMILES string of the molecule is N#Cc1ccc(Br)cc1Nc1cc(N)ccc1C(=O)O. The van der Waals surface area contributed by atoms with Gasteiger partial charge in [0.25, 0.3) is 0 Å². The van der Waals surface area contributed by atoms with Gasteiger partial charge in [-0.1, -0.05) is 15.9 Å². The summed E-state index contributed by atoms with van der Waals surface area (Å²) in [4.78, 5) is 11.2. The maximum absolute atomic E-state index is 11.2. The Kier molecular flexibility index (Phi) is 3.91. The average molecular weight is 332 g/mol. The summed E-state index contributed by atoms with van der Waals surface area (Å²) in [7, 11) is 0. The quantitative estimate of drug-likeness (QED) is 0.749. The number of rotatable bonds is 3. The highest BCUT2D eigenvalue weighted by Crippen LogP contribution is 2.28. The Hall–Kier alpha value is -2.52. The van der Waals surface area contributed by atoms with Gasteiger partial charge in [0.2, 0.25) is 0 Å². The topological polar surface area (TPSA) is 99.1 Å². The van der Waals surface area contributed by atoms with Crippen LogP contribution in [0.5, 0.6) is 0 Å². The number of nitrogens with one attached hydrogen (secondary N) is 1. The summed E-state index contributed by atoms with van der Waals surface area (Å²) in [6.45, 7) is 0. The first-order valence-corrected chi connectivity index (χ1v) is 6.40. The fourth-order valence-corrected chi connectivity index (χ4v) is 2.08. The van der Waals surface area contributed by atoms with Crippen molar-refractivity contribution in [2.75, 3.05) is 11.1 Å². The first-order valence-electron chi connectivity index (χ1n) is 5.61. The van der Waals surface area contributed by atoms with Gasteiger partial charge < -0.3 is 16.2 Å². The number of carbonyl (C=O) groups is 1. The summed E-state index contributed by atoms with van der Waals surface area (Å²) >= 11 is 3.31. The van der Waals surface area contributed by atoms with E-state index in [-0.39, 0.29) is 5.56 Å². The third-order valence-electron chi connectivity index (χ3n) is 2.65. The molecule has 0 saturated heterocycles. The lowest BCUT2D eigenvalue weighted by Gasteiger charge is -2.12. The van der Waals surface area contributed by atoms with Crippen LogP contribution in [0, 0.1) is 11.3 Å². The molecule has 0 aliphatic carbocycles. The van der Waals surface area contributed by atoms with Gasteiger partial charge in [-0.25, -0.2) is 4.79 Å². The second kappa shape index (κ2) is 5.63. The standard InChI is InChI=1S/C14H10BrN3O2/c15-9-2-1-8(7-16)12(5-9)18-13-6-10(17)3-4-11(13)14(19)20/h1-6,18H,17H2,(H,19,20). The lowest BCUT2D eigenvalue weighted by atomic mass is 10.1. The number of aromatic carboxylic acids is 1. The van der Waals surface area contributed by atoms with E-state index in [4.69, 9.17) is 16.1 Å². The molecule has 0 saturated carbocycles. The smallest absolute Gasteiger partial charge is 0.337 e. The molecule has 0 radical (unpaired) electrons. The van der Waals surface area contributed by atoms with Crippen molar-refractivity contribution in [3.8, 4) is 6.07 Å². The van der Waals surface area contributed by atoms with Crippen LogP contribution in [0.1, 0.15) is 15.9 Å². The number of anilines is 3. The molecule has 100 valence electrons. The van der Waals surface area contributed by atoms with Crippen molar-refractivity contribution in [3.63, 3.8) is 0 Å². The molecule has 2 aromatic carbocycles. The minimum absolute atomic E-state index is 0.0862. The van der Waals surface area contributed by atoms with Crippen molar-refractivity contribution in [2.45, 2.75) is 0 Å². The van der Waals surface area contributed by atoms with Gasteiger partial charge in [0.1, 0.15) is 6.07 Å². The fraction of sp³-hybridized carbons (Fsp3) is 0. The largest absolute Gasteiger partial charge is 0.478 e. The van der Waals surface area contributed by atoms with Gasteiger partial charge in [-0.3, -0.25) is 0 Å². The monoisotopic (exact) mass is 331 g/mol. The zero-order chi connectivity index (χ0) is 14.7. The van der Waals surface area contributed by atoms with E-state index in [0.29, 0.717) is 22.6 Å². The van der Waals surface area contributed by atoms with Crippen LogP contribution in [0.4, 0.5) is 17.1 Å². The van der Waals surface area contributed by atoms with Gasteiger partial charge >= 0.3 is 5.97 Å². The van der Waals surface area contributed by atoms with Gasteiger partial charge in [0.15, 0.2) is 0 Å². The maximum Gasteiger partial charge on any atom is 0.337 e. The Morgan fingerprint density at radius 1 is 1.25 bits per heavy atom. The fourth-order valence-electron chi connectivity index (χ4n) is 1.71. The Balaban J connectivity index is 2.50. The Bertz CT molecular complexity index is 723. The molecule has 0 fully saturated rings. The number of nitrogen functional groups attached to an aromatic ring is 1. The van der Waals surface area contributed by atoms with Crippen molar-refractivity contribution >= 4 is 39.0 Å². The van der Waals surface area contributed by atoms with E-state index in [0.717, 1.165) is 4.47 Å². The van der Waals surface area contributed by atoms with E-state index in [9.17, 15) is 4.79 Å². The number of halogens is 1. The molecular weight excluding hydrogens is 322 g/mol. The van der Waals surface area contributed by atoms with Gasteiger partial charge in [-0.15, -0.1) is 0 Å². The highest BCUT2D eigenvalue weighted by Gasteiger charge is 2.12. The summed E-state index contributed by atoms with van der Waals surface area (Å²) in [5.41, 5.74) is 7.46. The van der Waals surface area contributed by atoms with E-state index in [1.807, 2.05) is 6.07 Å². The van der Waals surface area contributed by atoms with Crippen molar-refractivity contribution < 1.29 is 9.90 Å². The van der Waals surface area contributed by atoms with Crippen molar-refractivity contribution in [1.82, 2.24) is 0 Å². The van der Waals surface area contributed by atoms with Crippen LogP contribution in [-0.4, -0.2) is 11.1 Å². The van der Waals surface area contributed by atoms with Crippen molar-refractivity contribution in [2.24, 2.45) is 0 Å². The minimum atomic E-state index is -1.07. The molecule has 0 aliphatic heterocycles. The molecule has 20 heavy (non-hydrogen) atoms. The number of nitrogens with zero attached hydrogens (tertiary/aromatic N) is 1. The van der Waals surface area contributed by atoms with Crippen molar-refractivity contribution in [3.05, 3.63) is 52.0 Å². The number of nitrogens with two attached hydrogens (primary N) is 1. The molecule has 2 rings (SSSR count). The van der Waals surface area contributed by atoms with Crippen molar-refractivity contribution in [1.29, 1.82) is 5.26 Å². The predicted octanol–water partition coefficient (Wildman–Crippen LogP) is 3.34. The van der Waals surface area contributed by atoms with Gasteiger partial charge in [-0.05, 0) is 36.4 Å². The molecule has 0 atom stereocenters. The van der Waals surface area contributed by atoms with Crippen LogP contribution < -0.4 is 11.1 Å². The third kappa shape index (κ3) is 2.90. The molecular formula is C14H10BrN3O2. The second-order valence-electron chi connectivity index (χ2n) is 4.04. The zero-order valence-electron chi connectivity index (χ0n) is 10.2. The number of hydrogen-bond donors (Lipinski definition) is 3. The lowest BCUT2D eigenvalue weighted by molar-refractivity contribution is 0.0698. The summed E-state index contributed by atoms with van der Waals surface area (Å²) in [6, 6.07) is 11.6. The average Bonchev–Trinajstić information content (AvgIpc) is 2.38. The summed E-state index contributed by atoms with van der Waals surface area (Å²) < 4.78 is 0.778. The summed E-state index contributed by atoms with van der Waals surface area (Å²) in [6.07, 6.45) is 0. The molecule has 0 spiro atoms. The highest BCUT2D eigenvalue weighted by molar-refractivity contribution is 9.10. The van der Waals surface area contributed by atoms with Gasteiger partial charge in [0.05, 0.1) is 22.5 Å². The van der Waals surface area contributed by atoms with E-state index < -0.39 is 5.97 Å². The first-order chi connectivity index (χ1) is 9.51. The molecule has 0 unspecified atom stereocenters. The van der Waals surface area contributed by atoms with E-state index >= 15 is 0 Å². The first kappa shape index (κ1) is 13.9. The van der Waals surface area contributed by atoms with Crippen LogP contribution >= 0.6 is 15.9 Å². The van der Waals surface area contributed by atoms with E-state index in [2.05, 4.69) is 21.2 Å². The van der Waals surface area contributed by atoms with Crippen LogP contribution in [-0.2, 0) is 0 Å². The number of hydrogen-bond acceptors (Lipinski definition) is 4.